The predicted molar refractivity (Wildman–Crippen MR) is 84.4 cm³/mol. The quantitative estimate of drug-likeness (QED) is 0.892. The summed E-state index contributed by atoms with van der Waals surface area (Å²) in [6.45, 7) is 0.0415. The molecule has 0 saturated heterocycles. The van der Waals surface area contributed by atoms with Crippen LogP contribution in [0.5, 0.6) is 0 Å². The standard InChI is InChI=1S/C16H20N2O2S/c19-11-16(9-3-4-10-16)18-14(20)7-8-15-17-12-5-1-2-6-13(12)21-15/h1-2,5-6,19H,3-4,7-11H2,(H,18,20). The van der Waals surface area contributed by atoms with E-state index in [4.69, 9.17) is 0 Å². The monoisotopic (exact) mass is 304 g/mol. The lowest BCUT2D eigenvalue weighted by atomic mass is 9.98. The number of aryl methyl sites for hydroxylation is 1. The number of fused-ring (bicyclic) bond motifs is 1. The van der Waals surface area contributed by atoms with E-state index in [-0.39, 0.29) is 18.1 Å². The largest absolute Gasteiger partial charge is 0.394 e. The molecule has 0 spiro atoms. The summed E-state index contributed by atoms with van der Waals surface area (Å²) in [6.07, 6.45) is 5.03. The molecule has 1 saturated carbocycles. The Bertz CT molecular complexity index is 599. The second-order valence-corrected chi connectivity index (χ2v) is 6.88. The first-order valence-corrected chi connectivity index (χ1v) is 8.29. The van der Waals surface area contributed by atoms with Crippen LogP contribution in [0.25, 0.3) is 10.2 Å². The molecule has 3 rings (SSSR count). The number of aliphatic hydroxyl groups excluding tert-OH is 1. The van der Waals surface area contributed by atoms with Crippen molar-refractivity contribution in [1.29, 1.82) is 0 Å². The molecule has 1 aromatic carbocycles. The third-order valence-electron chi connectivity index (χ3n) is 4.17. The Morgan fingerprint density at radius 1 is 1.33 bits per heavy atom. The Morgan fingerprint density at radius 3 is 2.81 bits per heavy atom. The number of amides is 1. The molecule has 0 aliphatic heterocycles. The lowest BCUT2D eigenvalue weighted by molar-refractivity contribution is -0.123. The van der Waals surface area contributed by atoms with Gasteiger partial charge in [-0.2, -0.15) is 0 Å². The average molecular weight is 304 g/mol. The Hall–Kier alpha value is -1.46. The number of thiazole rings is 1. The maximum absolute atomic E-state index is 12.1. The zero-order valence-corrected chi connectivity index (χ0v) is 12.8. The zero-order chi connectivity index (χ0) is 14.7. The number of hydrogen-bond acceptors (Lipinski definition) is 4. The van der Waals surface area contributed by atoms with E-state index in [1.54, 1.807) is 11.3 Å². The van der Waals surface area contributed by atoms with Gasteiger partial charge >= 0.3 is 0 Å². The van der Waals surface area contributed by atoms with E-state index in [0.717, 1.165) is 40.9 Å². The second kappa shape index (κ2) is 6.12. The van der Waals surface area contributed by atoms with Crippen molar-refractivity contribution >= 4 is 27.5 Å². The van der Waals surface area contributed by atoms with Crippen molar-refractivity contribution in [2.45, 2.75) is 44.1 Å². The third kappa shape index (κ3) is 3.24. The molecule has 0 radical (unpaired) electrons. The van der Waals surface area contributed by atoms with E-state index in [9.17, 15) is 9.90 Å². The van der Waals surface area contributed by atoms with Gasteiger partial charge < -0.3 is 10.4 Å². The van der Waals surface area contributed by atoms with Gasteiger partial charge in [0.2, 0.25) is 5.91 Å². The number of para-hydroxylation sites is 1. The molecule has 21 heavy (non-hydrogen) atoms. The summed E-state index contributed by atoms with van der Waals surface area (Å²) in [7, 11) is 0. The van der Waals surface area contributed by atoms with Crippen molar-refractivity contribution in [3.63, 3.8) is 0 Å². The molecule has 1 aromatic heterocycles. The van der Waals surface area contributed by atoms with Gasteiger partial charge in [0.1, 0.15) is 0 Å². The van der Waals surface area contributed by atoms with Crippen molar-refractivity contribution < 1.29 is 9.90 Å². The highest BCUT2D eigenvalue weighted by Crippen LogP contribution is 2.29. The SMILES string of the molecule is O=C(CCc1nc2ccccc2s1)NC1(CO)CCCC1. The van der Waals surface area contributed by atoms with E-state index in [1.807, 2.05) is 18.2 Å². The molecular formula is C16H20N2O2S. The van der Waals surface area contributed by atoms with Crippen molar-refractivity contribution in [2.24, 2.45) is 0 Å². The number of aromatic nitrogens is 1. The number of nitrogens with zero attached hydrogens (tertiary/aromatic N) is 1. The molecule has 0 atom stereocenters. The van der Waals surface area contributed by atoms with Crippen LogP contribution in [0.1, 0.15) is 37.1 Å². The first-order chi connectivity index (χ1) is 10.2. The lowest BCUT2D eigenvalue weighted by Gasteiger charge is -2.27. The van der Waals surface area contributed by atoms with Crippen LogP contribution in [0.2, 0.25) is 0 Å². The van der Waals surface area contributed by atoms with Crippen LogP contribution in [0, 0.1) is 0 Å². The maximum Gasteiger partial charge on any atom is 0.220 e. The van der Waals surface area contributed by atoms with Gasteiger partial charge in [0.05, 0.1) is 27.4 Å². The van der Waals surface area contributed by atoms with Crippen LogP contribution >= 0.6 is 11.3 Å². The summed E-state index contributed by atoms with van der Waals surface area (Å²) in [5.41, 5.74) is 0.630. The fraction of sp³-hybridized carbons (Fsp3) is 0.500. The van der Waals surface area contributed by atoms with E-state index in [0.29, 0.717) is 12.8 Å². The van der Waals surface area contributed by atoms with Crippen LogP contribution in [0.4, 0.5) is 0 Å². The summed E-state index contributed by atoms with van der Waals surface area (Å²) in [4.78, 5) is 16.6. The molecule has 5 heteroatoms. The molecule has 1 aliphatic carbocycles. The Morgan fingerprint density at radius 2 is 2.10 bits per heavy atom. The smallest absolute Gasteiger partial charge is 0.220 e. The van der Waals surface area contributed by atoms with Gasteiger partial charge in [-0.15, -0.1) is 11.3 Å². The summed E-state index contributed by atoms with van der Waals surface area (Å²) in [5.74, 6) is 0.0187. The van der Waals surface area contributed by atoms with Gasteiger partial charge in [-0.3, -0.25) is 4.79 Å². The van der Waals surface area contributed by atoms with Crippen LogP contribution in [0.3, 0.4) is 0 Å². The molecule has 0 unspecified atom stereocenters. The highest BCUT2D eigenvalue weighted by Gasteiger charge is 2.34. The van der Waals surface area contributed by atoms with Gasteiger partial charge in [0.25, 0.3) is 0 Å². The van der Waals surface area contributed by atoms with Crippen LogP contribution in [-0.4, -0.2) is 28.1 Å². The first kappa shape index (κ1) is 14.5. The predicted octanol–water partition coefficient (Wildman–Crippen LogP) is 2.65. The number of carbonyl (C=O) groups is 1. The normalized spacial score (nSPS) is 17.2. The third-order valence-corrected chi connectivity index (χ3v) is 5.27. The van der Waals surface area contributed by atoms with Crippen molar-refractivity contribution in [3.05, 3.63) is 29.3 Å². The molecule has 112 valence electrons. The van der Waals surface area contributed by atoms with Gasteiger partial charge in [-0.05, 0) is 25.0 Å². The molecule has 2 aromatic rings. The van der Waals surface area contributed by atoms with Gasteiger partial charge in [0.15, 0.2) is 0 Å². The van der Waals surface area contributed by atoms with Gasteiger partial charge in [-0.25, -0.2) is 4.98 Å². The fourth-order valence-corrected chi connectivity index (χ4v) is 3.95. The van der Waals surface area contributed by atoms with Crippen LogP contribution in [0.15, 0.2) is 24.3 Å². The van der Waals surface area contributed by atoms with E-state index in [1.165, 1.54) is 0 Å². The summed E-state index contributed by atoms with van der Waals surface area (Å²) in [5, 5.41) is 13.6. The fourth-order valence-electron chi connectivity index (χ4n) is 2.98. The first-order valence-electron chi connectivity index (χ1n) is 7.47. The average Bonchev–Trinajstić information content (AvgIpc) is 3.11. The maximum atomic E-state index is 12.1. The molecule has 0 bridgehead atoms. The molecule has 1 aliphatic rings. The molecule has 1 heterocycles. The minimum atomic E-state index is -0.370. The van der Waals surface area contributed by atoms with Gasteiger partial charge in [0, 0.05) is 12.8 Å². The second-order valence-electron chi connectivity index (χ2n) is 5.77. The topological polar surface area (TPSA) is 62.2 Å². The minimum absolute atomic E-state index is 0.0187. The summed E-state index contributed by atoms with van der Waals surface area (Å²) >= 11 is 1.65. The highest BCUT2D eigenvalue weighted by atomic mass is 32.1. The molecular weight excluding hydrogens is 284 g/mol. The van der Waals surface area contributed by atoms with Crippen molar-refractivity contribution in [2.75, 3.05) is 6.61 Å². The molecule has 1 fully saturated rings. The lowest BCUT2D eigenvalue weighted by Crippen LogP contribution is -2.49. The van der Waals surface area contributed by atoms with Gasteiger partial charge in [-0.1, -0.05) is 25.0 Å². The number of benzene rings is 1. The highest BCUT2D eigenvalue weighted by molar-refractivity contribution is 7.18. The Kier molecular flexibility index (Phi) is 4.22. The van der Waals surface area contributed by atoms with Crippen molar-refractivity contribution in [1.82, 2.24) is 10.3 Å². The number of carbonyl (C=O) groups excluding carboxylic acids is 1. The molecule has 4 nitrogen and oxygen atoms in total. The van der Waals surface area contributed by atoms with E-state index < -0.39 is 0 Å². The number of nitrogens with one attached hydrogen (secondary N) is 1. The van der Waals surface area contributed by atoms with E-state index in [2.05, 4.69) is 16.4 Å². The van der Waals surface area contributed by atoms with Crippen LogP contribution < -0.4 is 5.32 Å². The number of rotatable bonds is 5. The Labute approximate surface area is 128 Å². The Balaban J connectivity index is 1.58. The van der Waals surface area contributed by atoms with E-state index >= 15 is 0 Å². The van der Waals surface area contributed by atoms with Crippen molar-refractivity contribution in [3.8, 4) is 0 Å². The summed E-state index contributed by atoms with van der Waals surface area (Å²) < 4.78 is 1.16. The van der Waals surface area contributed by atoms with Crippen LogP contribution in [-0.2, 0) is 11.2 Å². The molecule has 2 N–H and O–H groups in total. The number of aliphatic hydroxyl groups is 1. The molecule has 1 amide bonds. The summed E-state index contributed by atoms with van der Waals surface area (Å²) in [6, 6.07) is 8.02. The minimum Gasteiger partial charge on any atom is -0.394 e. The number of hydrogen-bond donors (Lipinski definition) is 2. The zero-order valence-electron chi connectivity index (χ0n) is 12.0.